The summed E-state index contributed by atoms with van der Waals surface area (Å²) < 4.78 is 51.2. The van der Waals surface area contributed by atoms with E-state index in [0.29, 0.717) is 50.8 Å². The Hall–Kier alpha value is -3.41. The number of methoxy groups -OCH3 is 1. The molecule has 0 saturated carbocycles. The maximum atomic E-state index is 13.2. The summed E-state index contributed by atoms with van der Waals surface area (Å²) in [5, 5.41) is 13.7. The molecule has 0 aliphatic carbocycles. The zero-order valence-electron chi connectivity index (χ0n) is 20.9. The Balaban J connectivity index is 1.27. The molecule has 1 unspecified atom stereocenters. The van der Waals surface area contributed by atoms with Crippen molar-refractivity contribution in [2.45, 2.75) is 50.8 Å². The molecule has 0 bridgehead atoms. The molecular formula is C25H31F3N6O3. The number of nitrogens with zero attached hydrogens (tertiary/aromatic N) is 5. The highest BCUT2D eigenvalue weighted by Gasteiger charge is 2.38. The fourth-order valence-electron chi connectivity index (χ4n) is 4.39. The Morgan fingerprint density at radius 3 is 2.54 bits per heavy atom. The van der Waals surface area contributed by atoms with Crippen molar-refractivity contribution in [1.82, 2.24) is 25.1 Å². The van der Waals surface area contributed by atoms with Gasteiger partial charge < -0.3 is 19.7 Å². The molecule has 1 atom stereocenters. The van der Waals surface area contributed by atoms with E-state index >= 15 is 0 Å². The van der Waals surface area contributed by atoms with Crippen LogP contribution in [0.5, 0.6) is 5.75 Å². The normalized spacial score (nSPS) is 15.6. The lowest BCUT2D eigenvalue weighted by molar-refractivity contribution is -0.146. The van der Waals surface area contributed by atoms with Gasteiger partial charge in [-0.3, -0.25) is 4.79 Å². The summed E-state index contributed by atoms with van der Waals surface area (Å²) in [7, 11) is 1.59. The van der Waals surface area contributed by atoms with Gasteiger partial charge in [0.25, 0.3) is 5.82 Å². The van der Waals surface area contributed by atoms with E-state index in [1.165, 1.54) is 11.6 Å². The number of hydrogen-bond acceptors (Lipinski definition) is 7. The number of benzene rings is 1. The van der Waals surface area contributed by atoms with Crippen molar-refractivity contribution in [3.05, 3.63) is 47.8 Å². The minimum absolute atomic E-state index is 0.0215. The number of alkyl halides is 3. The fourth-order valence-corrected chi connectivity index (χ4v) is 4.39. The summed E-state index contributed by atoms with van der Waals surface area (Å²) in [5.74, 6) is 0.414. The Bertz CT molecular complexity index is 1180. The van der Waals surface area contributed by atoms with Crippen LogP contribution < -0.4 is 15.0 Å². The fraction of sp³-hybridized carbons (Fsp3) is 0.520. The van der Waals surface area contributed by atoms with Crippen LogP contribution in [0, 0.1) is 0 Å². The Morgan fingerprint density at radius 2 is 1.86 bits per heavy atom. The van der Waals surface area contributed by atoms with E-state index in [-0.39, 0.29) is 17.7 Å². The van der Waals surface area contributed by atoms with Crippen LogP contribution >= 0.6 is 0 Å². The number of hydrogen-bond donors (Lipinski definition) is 1. The number of rotatable bonds is 10. The van der Waals surface area contributed by atoms with E-state index in [9.17, 15) is 18.0 Å². The molecule has 1 fully saturated rings. The molecule has 0 radical (unpaired) electrons. The molecular weight excluding hydrogens is 489 g/mol. The lowest BCUT2D eigenvalue weighted by Gasteiger charge is -2.33. The van der Waals surface area contributed by atoms with Crippen molar-refractivity contribution in [3.63, 3.8) is 0 Å². The van der Waals surface area contributed by atoms with Crippen molar-refractivity contribution >= 4 is 17.4 Å². The molecule has 37 heavy (non-hydrogen) atoms. The molecule has 12 heteroatoms. The molecule has 1 aliphatic heterocycles. The molecule has 1 aliphatic rings. The first-order valence-corrected chi connectivity index (χ1v) is 12.3. The lowest BCUT2D eigenvalue weighted by Crippen LogP contribution is -2.34. The van der Waals surface area contributed by atoms with Crippen LogP contribution in [0.4, 0.5) is 19.0 Å². The van der Waals surface area contributed by atoms with Gasteiger partial charge in [0.15, 0.2) is 5.65 Å². The molecule has 200 valence electrons. The molecule has 4 rings (SSSR count). The highest BCUT2D eigenvalue weighted by Crippen LogP contribution is 2.32. The van der Waals surface area contributed by atoms with Crippen molar-refractivity contribution < 1.29 is 27.4 Å². The van der Waals surface area contributed by atoms with Gasteiger partial charge in [-0.1, -0.05) is 12.1 Å². The van der Waals surface area contributed by atoms with Gasteiger partial charge in [-0.15, -0.1) is 15.3 Å². The number of aromatic nitrogens is 4. The molecule has 1 N–H and O–H groups in total. The highest BCUT2D eigenvalue weighted by atomic mass is 19.4. The van der Waals surface area contributed by atoms with Gasteiger partial charge >= 0.3 is 6.18 Å². The molecule has 9 nitrogen and oxygen atoms in total. The van der Waals surface area contributed by atoms with Gasteiger partial charge in [0.05, 0.1) is 12.7 Å². The van der Waals surface area contributed by atoms with Gasteiger partial charge in [-0.25, -0.2) is 0 Å². The first-order chi connectivity index (χ1) is 17.7. The average molecular weight is 521 g/mol. The van der Waals surface area contributed by atoms with Crippen molar-refractivity contribution in [2.75, 3.05) is 38.3 Å². The number of ether oxygens (including phenoxy) is 2. The van der Waals surface area contributed by atoms with Crippen molar-refractivity contribution in [1.29, 1.82) is 0 Å². The van der Waals surface area contributed by atoms with Crippen molar-refractivity contribution in [2.24, 2.45) is 0 Å². The van der Waals surface area contributed by atoms with E-state index in [1.54, 1.807) is 13.2 Å². The number of amides is 1. The molecule has 3 aromatic rings. The largest absolute Gasteiger partial charge is 0.491 e. The zero-order chi connectivity index (χ0) is 26.4. The van der Waals surface area contributed by atoms with Crippen LogP contribution in [0.15, 0.2) is 36.4 Å². The van der Waals surface area contributed by atoms with E-state index in [2.05, 4.69) is 32.7 Å². The minimum Gasteiger partial charge on any atom is -0.491 e. The summed E-state index contributed by atoms with van der Waals surface area (Å²) in [5.41, 5.74) is 1.26. The van der Waals surface area contributed by atoms with E-state index in [0.717, 1.165) is 23.1 Å². The van der Waals surface area contributed by atoms with Crippen LogP contribution in [-0.4, -0.2) is 65.2 Å². The quantitative estimate of drug-likeness (QED) is 0.406. The van der Waals surface area contributed by atoms with Gasteiger partial charge in [-0.2, -0.15) is 17.7 Å². The first-order valence-electron chi connectivity index (χ1n) is 12.3. The van der Waals surface area contributed by atoms with Gasteiger partial charge in [0, 0.05) is 33.2 Å². The smallest absolute Gasteiger partial charge is 0.453 e. The zero-order valence-corrected chi connectivity index (χ0v) is 20.9. The van der Waals surface area contributed by atoms with Crippen LogP contribution in [0.25, 0.3) is 5.65 Å². The van der Waals surface area contributed by atoms with E-state index in [4.69, 9.17) is 9.47 Å². The van der Waals surface area contributed by atoms with Crippen LogP contribution in [0.1, 0.15) is 49.9 Å². The third kappa shape index (κ3) is 6.88. The van der Waals surface area contributed by atoms with Crippen molar-refractivity contribution in [3.8, 4) is 5.75 Å². The average Bonchev–Trinajstić information content (AvgIpc) is 3.32. The Kier molecular flexibility index (Phi) is 8.47. The van der Waals surface area contributed by atoms with Gasteiger partial charge in [0.2, 0.25) is 5.91 Å². The number of halogens is 3. The monoisotopic (exact) mass is 520 g/mol. The summed E-state index contributed by atoms with van der Waals surface area (Å²) >= 11 is 0. The Labute approximate surface area is 213 Å². The lowest BCUT2D eigenvalue weighted by atomic mass is 9.89. The number of piperidine rings is 1. The second kappa shape index (κ2) is 11.8. The van der Waals surface area contributed by atoms with Gasteiger partial charge in [0.1, 0.15) is 11.6 Å². The molecule has 3 heterocycles. The minimum atomic E-state index is -4.62. The summed E-state index contributed by atoms with van der Waals surface area (Å²) in [4.78, 5) is 13.8. The summed E-state index contributed by atoms with van der Waals surface area (Å²) in [6.07, 6.45) is -2.03. The summed E-state index contributed by atoms with van der Waals surface area (Å²) in [6, 6.07) is 11.2. The molecule has 2 aromatic heterocycles. The van der Waals surface area contributed by atoms with Crippen LogP contribution in [-0.2, 0) is 15.7 Å². The van der Waals surface area contributed by atoms with E-state index in [1.807, 2.05) is 24.0 Å². The first kappa shape index (κ1) is 26.6. The topological polar surface area (TPSA) is 93.9 Å². The number of anilines is 1. The second-order valence-electron chi connectivity index (χ2n) is 9.12. The predicted molar refractivity (Wildman–Crippen MR) is 131 cm³/mol. The van der Waals surface area contributed by atoms with Gasteiger partial charge in [-0.05, 0) is 61.9 Å². The number of fused-ring (bicyclic) bond motifs is 1. The Morgan fingerprint density at radius 1 is 1.14 bits per heavy atom. The maximum absolute atomic E-state index is 13.2. The van der Waals surface area contributed by atoms with Crippen LogP contribution in [0.2, 0.25) is 0 Å². The maximum Gasteiger partial charge on any atom is 0.453 e. The molecule has 1 saturated heterocycles. The molecule has 1 amide bonds. The third-order valence-electron chi connectivity index (χ3n) is 6.42. The standard InChI is InChI=1S/C25H31F3N6O3/c1-17(3-10-23(35)29-13-16-36-2)37-20-6-4-18(5-7-20)19-11-14-33(15-12-19)22-9-8-21-30-31-24(25(26,27)28)34(21)32-22/h4-9,17,19H,3,10-16H2,1-2H3,(H,29,35). The van der Waals surface area contributed by atoms with E-state index < -0.39 is 12.0 Å². The second-order valence-corrected chi connectivity index (χ2v) is 9.12. The number of carbonyl (C=O) groups is 1. The molecule has 0 spiro atoms. The SMILES string of the molecule is COCCNC(=O)CCC(C)Oc1ccc(C2CCN(c3ccc4nnc(C(F)(F)F)n4n3)CC2)cc1. The van der Waals surface area contributed by atoms with Crippen LogP contribution in [0.3, 0.4) is 0 Å². The summed E-state index contributed by atoms with van der Waals surface area (Å²) in [6.45, 7) is 4.28. The third-order valence-corrected chi connectivity index (χ3v) is 6.42. The predicted octanol–water partition coefficient (Wildman–Crippen LogP) is 3.84. The molecule has 1 aromatic carbocycles. The number of nitrogens with one attached hydrogen (secondary N) is 1. The highest BCUT2D eigenvalue weighted by molar-refractivity contribution is 5.75. The number of carbonyl (C=O) groups excluding carboxylic acids is 1.